The third-order valence-electron chi connectivity index (χ3n) is 2.46. The lowest BCUT2D eigenvalue weighted by Crippen LogP contribution is -2.15. The van der Waals surface area contributed by atoms with Gasteiger partial charge in [0.25, 0.3) is 0 Å². The number of nitrogens with zero attached hydrogens (tertiary/aromatic N) is 2. The maximum atomic E-state index is 10.5. The first-order chi connectivity index (χ1) is 9.08. The van der Waals surface area contributed by atoms with Crippen LogP contribution in [0.4, 0.5) is 5.95 Å². The van der Waals surface area contributed by atoms with Crippen molar-refractivity contribution in [2.24, 2.45) is 0 Å². The molecule has 7 nitrogen and oxygen atoms in total. The number of nitrogens with one attached hydrogen (secondary N) is 1. The molecular weight excluding hydrogens is 250 g/mol. The Bertz CT molecular complexity index is 437. The van der Waals surface area contributed by atoms with Crippen LogP contribution >= 0.6 is 0 Å². The van der Waals surface area contributed by atoms with Crippen molar-refractivity contribution in [3.8, 4) is 5.88 Å². The number of anilines is 1. The Balaban J connectivity index is 2.87. The summed E-state index contributed by atoms with van der Waals surface area (Å²) < 4.78 is 10.1. The van der Waals surface area contributed by atoms with Crippen LogP contribution in [-0.2, 0) is 16.0 Å². The highest BCUT2D eigenvalue weighted by Crippen LogP contribution is 2.20. The predicted octanol–water partition coefficient (Wildman–Crippen LogP) is 0.869. The molecule has 0 aliphatic rings. The number of carboxylic acid groups (broad SMARTS) is 1. The van der Waals surface area contributed by atoms with Gasteiger partial charge in [-0.15, -0.1) is 0 Å². The molecule has 0 unspecified atom stereocenters. The second-order valence-corrected chi connectivity index (χ2v) is 3.88. The molecule has 0 aromatic carbocycles. The van der Waals surface area contributed by atoms with E-state index in [1.165, 1.54) is 0 Å². The third-order valence-corrected chi connectivity index (χ3v) is 2.46. The van der Waals surface area contributed by atoms with E-state index >= 15 is 0 Å². The first-order valence-electron chi connectivity index (χ1n) is 6.03. The summed E-state index contributed by atoms with van der Waals surface area (Å²) in [5.74, 6) is -0.320. The number of aliphatic carboxylic acids is 1. The molecule has 0 radical (unpaired) electrons. The Morgan fingerprint density at radius 1 is 1.42 bits per heavy atom. The van der Waals surface area contributed by atoms with E-state index in [-0.39, 0.29) is 0 Å². The van der Waals surface area contributed by atoms with Gasteiger partial charge in [0.2, 0.25) is 11.8 Å². The van der Waals surface area contributed by atoms with Crippen molar-refractivity contribution < 1.29 is 19.4 Å². The van der Waals surface area contributed by atoms with E-state index in [1.54, 1.807) is 7.11 Å². The minimum Gasteiger partial charge on any atom is -0.479 e. The highest BCUT2D eigenvalue weighted by Gasteiger charge is 2.12. The zero-order valence-corrected chi connectivity index (χ0v) is 11.4. The molecular formula is C12H19N3O4. The van der Waals surface area contributed by atoms with Gasteiger partial charge >= 0.3 is 5.97 Å². The second kappa shape index (κ2) is 7.52. The van der Waals surface area contributed by atoms with Gasteiger partial charge in [-0.25, -0.2) is 9.78 Å². The molecule has 7 heteroatoms. The number of rotatable bonds is 8. The highest BCUT2D eigenvalue weighted by atomic mass is 16.5. The summed E-state index contributed by atoms with van der Waals surface area (Å²) >= 11 is 0. The maximum absolute atomic E-state index is 10.5. The summed E-state index contributed by atoms with van der Waals surface area (Å²) in [6, 6.07) is 0. The lowest BCUT2D eigenvalue weighted by molar-refractivity contribution is -0.139. The molecule has 1 heterocycles. The van der Waals surface area contributed by atoms with Crippen molar-refractivity contribution in [3.63, 3.8) is 0 Å². The van der Waals surface area contributed by atoms with Crippen LogP contribution in [0.25, 0.3) is 0 Å². The molecule has 0 fully saturated rings. The maximum Gasteiger partial charge on any atom is 0.341 e. The van der Waals surface area contributed by atoms with Crippen LogP contribution in [0.5, 0.6) is 5.88 Å². The van der Waals surface area contributed by atoms with Crippen LogP contribution in [0.3, 0.4) is 0 Å². The van der Waals surface area contributed by atoms with Gasteiger partial charge in [-0.05, 0) is 13.3 Å². The minimum atomic E-state index is -1.04. The molecule has 0 amide bonds. The first kappa shape index (κ1) is 15.2. The molecule has 0 aliphatic carbocycles. The van der Waals surface area contributed by atoms with Crippen LogP contribution in [0.2, 0.25) is 0 Å². The van der Waals surface area contributed by atoms with Gasteiger partial charge < -0.3 is 19.9 Å². The molecule has 2 N–H and O–H groups in total. The van der Waals surface area contributed by atoms with E-state index in [9.17, 15) is 4.79 Å². The summed E-state index contributed by atoms with van der Waals surface area (Å²) in [6.45, 7) is 4.47. The number of carbonyl (C=O) groups is 1. The number of hydrogen-bond donors (Lipinski definition) is 2. The monoisotopic (exact) mass is 269 g/mol. The van der Waals surface area contributed by atoms with Crippen molar-refractivity contribution in [1.29, 1.82) is 0 Å². The zero-order chi connectivity index (χ0) is 14.3. The normalized spacial score (nSPS) is 10.3. The number of ether oxygens (including phenoxy) is 2. The Morgan fingerprint density at radius 2 is 2.16 bits per heavy atom. The molecule has 1 aromatic rings. The topological polar surface area (TPSA) is 93.6 Å². The predicted molar refractivity (Wildman–Crippen MR) is 69.6 cm³/mol. The van der Waals surface area contributed by atoms with Crippen LogP contribution in [-0.4, -0.2) is 47.9 Å². The third kappa shape index (κ3) is 4.70. The highest BCUT2D eigenvalue weighted by molar-refractivity contribution is 5.68. The van der Waals surface area contributed by atoms with Crippen molar-refractivity contribution in [3.05, 3.63) is 11.3 Å². The standard InChI is InChI=1S/C12H19N3O4/c1-4-9-8(2)11(19-7-10(16)17)15-12(14-9)13-5-6-18-3/h4-7H2,1-3H3,(H,16,17)(H,13,14,15). The lowest BCUT2D eigenvalue weighted by atomic mass is 10.2. The minimum absolute atomic E-state index is 0.300. The Kier molecular flexibility index (Phi) is 6.01. The van der Waals surface area contributed by atoms with Crippen LogP contribution < -0.4 is 10.1 Å². The molecule has 0 saturated carbocycles. The van der Waals surface area contributed by atoms with Gasteiger partial charge in [-0.2, -0.15) is 4.98 Å². The van der Waals surface area contributed by atoms with Gasteiger partial charge in [0.05, 0.1) is 12.3 Å². The summed E-state index contributed by atoms with van der Waals surface area (Å²) in [6.07, 6.45) is 0.719. The van der Waals surface area contributed by atoms with Gasteiger partial charge in [0, 0.05) is 19.2 Å². The molecule has 0 bridgehead atoms. The number of hydrogen-bond acceptors (Lipinski definition) is 6. The SMILES string of the molecule is CCc1nc(NCCOC)nc(OCC(=O)O)c1C. The van der Waals surface area contributed by atoms with E-state index in [0.29, 0.717) is 25.0 Å². The van der Waals surface area contributed by atoms with Crippen molar-refractivity contribution in [1.82, 2.24) is 9.97 Å². The molecule has 0 spiro atoms. The molecule has 1 aromatic heterocycles. The largest absolute Gasteiger partial charge is 0.479 e. The number of aryl methyl sites for hydroxylation is 1. The average molecular weight is 269 g/mol. The van der Waals surface area contributed by atoms with Gasteiger partial charge in [0.15, 0.2) is 6.61 Å². The fourth-order valence-electron chi connectivity index (χ4n) is 1.50. The smallest absolute Gasteiger partial charge is 0.341 e. The summed E-state index contributed by atoms with van der Waals surface area (Å²) in [7, 11) is 1.61. The summed E-state index contributed by atoms with van der Waals surface area (Å²) in [5.41, 5.74) is 1.59. The van der Waals surface area contributed by atoms with Crippen molar-refractivity contribution in [2.45, 2.75) is 20.3 Å². The van der Waals surface area contributed by atoms with Crippen LogP contribution in [0.1, 0.15) is 18.2 Å². The first-order valence-corrected chi connectivity index (χ1v) is 6.03. The second-order valence-electron chi connectivity index (χ2n) is 3.88. The van der Waals surface area contributed by atoms with Crippen LogP contribution in [0, 0.1) is 6.92 Å². The molecule has 0 aliphatic heterocycles. The molecule has 19 heavy (non-hydrogen) atoms. The van der Waals surface area contributed by atoms with Gasteiger partial charge in [0.1, 0.15) is 0 Å². The summed E-state index contributed by atoms with van der Waals surface area (Å²) in [5, 5.41) is 11.6. The average Bonchev–Trinajstić information content (AvgIpc) is 2.38. The fraction of sp³-hybridized carbons (Fsp3) is 0.583. The van der Waals surface area contributed by atoms with Crippen molar-refractivity contribution in [2.75, 3.05) is 32.2 Å². The van der Waals surface area contributed by atoms with E-state index in [4.69, 9.17) is 14.6 Å². The Labute approximate surface area is 112 Å². The molecule has 0 atom stereocenters. The lowest BCUT2D eigenvalue weighted by Gasteiger charge is -2.12. The fourth-order valence-corrected chi connectivity index (χ4v) is 1.50. The van der Waals surface area contributed by atoms with Crippen molar-refractivity contribution >= 4 is 11.9 Å². The molecule has 1 rings (SSSR count). The van der Waals surface area contributed by atoms with Crippen LogP contribution in [0.15, 0.2) is 0 Å². The number of methoxy groups -OCH3 is 1. The Morgan fingerprint density at radius 3 is 2.74 bits per heavy atom. The van der Waals surface area contributed by atoms with Gasteiger partial charge in [-0.1, -0.05) is 6.92 Å². The summed E-state index contributed by atoms with van der Waals surface area (Å²) in [4.78, 5) is 19.0. The van der Waals surface area contributed by atoms with E-state index in [0.717, 1.165) is 17.7 Å². The zero-order valence-electron chi connectivity index (χ0n) is 11.4. The Hall–Kier alpha value is -1.89. The molecule has 0 saturated heterocycles. The van der Waals surface area contributed by atoms with E-state index < -0.39 is 12.6 Å². The van der Waals surface area contributed by atoms with Gasteiger partial charge in [-0.3, -0.25) is 0 Å². The number of aromatic nitrogens is 2. The molecule has 106 valence electrons. The van der Waals surface area contributed by atoms with E-state index in [2.05, 4.69) is 15.3 Å². The number of carboxylic acids is 1. The quantitative estimate of drug-likeness (QED) is 0.676. The van der Waals surface area contributed by atoms with E-state index in [1.807, 2.05) is 13.8 Å².